The molecule has 0 aliphatic heterocycles. The first-order valence-electron chi connectivity index (χ1n) is 4.95. The molecular weight excluding hydrogens is 210 g/mol. The third-order valence-corrected chi connectivity index (χ3v) is 3.44. The number of oxime groups is 1. The molecule has 84 valence electrons. The molecule has 0 aromatic carbocycles. The van der Waals surface area contributed by atoms with Crippen molar-refractivity contribution in [1.29, 1.82) is 0 Å². The maximum Gasteiger partial charge on any atom is 0.156 e. The summed E-state index contributed by atoms with van der Waals surface area (Å²) in [5, 5.41) is 14.6. The summed E-state index contributed by atoms with van der Waals surface area (Å²) < 4.78 is 0. The Balaban J connectivity index is 2.43. The maximum atomic E-state index is 8.47. The second-order valence-electron chi connectivity index (χ2n) is 3.35. The summed E-state index contributed by atoms with van der Waals surface area (Å²) in [6.07, 6.45) is 1.07. The first-order chi connectivity index (χ1) is 7.17. The highest BCUT2D eigenvalue weighted by molar-refractivity contribution is 7.11. The molecule has 0 saturated carbocycles. The maximum absolute atomic E-state index is 8.47. The predicted molar refractivity (Wildman–Crippen MR) is 63.4 cm³/mol. The van der Waals surface area contributed by atoms with Gasteiger partial charge in [-0.15, -0.1) is 11.3 Å². The third-order valence-electron chi connectivity index (χ3n) is 2.21. The number of amidine groups is 1. The number of hydrogen-bond donors (Lipinski definition) is 3. The molecule has 0 aliphatic carbocycles. The number of rotatable bonds is 5. The normalized spacial score (nSPS) is 14.1. The van der Waals surface area contributed by atoms with Crippen LogP contribution < -0.4 is 11.1 Å². The molecule has 1 heterocycles. The van der Waals surface area contributed by atoms with Crippen LogP contribution in [-0.2, 0) is 13.0 Å². The minimum atomic E-state index is -0.109. The molecule has 1 unspecified atom stereocenters. The molecule has 0 fully saturated rings. The molecule has 0 radical (unpaired) electrons. The predicted octanol–water partition coefficient (Wildman–Crippen LogP) is 1.54. The van der Waals surface area contributed by atoms with E-state index < -0.39 is 0 Å². The Kier molecular flexibility index (Phi) is 4.58. The monoisotopic (exact) mass is 227 g/mol. The topological polar surface area (TPSA) is 70.6 Å². The van der Waals surface area contributed by atoms with Crippen molar-refractivity contribution >= 4 is 17.2 Å². The fraction of sp³-hybridized carbons (Fsp3) is 0.500. The van der Waals surface area contributed by atoms with E-state index in [-0.39, 0.29) is 11.9 Å². The quantitative estimate of drug-likeness (QED) is 0.309. The summed E-state index contributed by atoms with van der Waals surface area (Å²) in [5.41, 5.74) is 5.45. The number of nitrogens with one attached hydrogen (secondary N) is 1. The number of hydrogen-bond acceptors (Lipinski definition) is 4. The van der Waals surface area contributed by atoms with Gasteiger partial charge in [-0.3, -0.25) is 0 Å². The lowest BCUT2D eigenvalue weighted by Crippen LogP contribution is -2.38. The van der Waals surface area contributed by atoms with Crippen molar-refractivity contribution in [3.8, 4) is 0 Å². The molecule has 0 spiro atoms. The number of nitrogens with zero attached hydrogens (tertiary/aromatic N) is 1. The van der Waals surface area contributed by atoms with Gasteiger partial charge in [0.1, 0.15) is 0 Å². The van der Waals surface area contributed by atoms with Gasteiger partial charge in [0, 0.05) is 16.3 Å². The van der Waals surface area contributed by atoms with Crippen LogP contribution in [0.4, 0.5) is 0 Å². The van der Waals surface area contributed by atoms with Gasteiger partial charge in [0.05, 0.1) is 6.04 Å². The smallest absolute Gasteiger partial charge is 0.156 e. The molecule has 5 heteroatoms. The second kappa shape index (κ2) is 5.72. The van der Waals surface area contributed by atoms with Crippen LogP contribution in [0.2, 0.25) is 0 Å². The lowest BCUT2D eigenvalue weighted by Gasteiger charge is -2.10. The zero-order valence-corrected chi connectivity index (χ0v) is 9.84. The van der Waals surface area contributed by atoms with Gasteiger partial charge in [0.2, 0.25) is 0 Å². The Bertz CT molecular complexity index is 335. The van der Waals surface area contributed by atoms with Crippen molar-refractivity contribution in [3.63, 3.8) is 0 Å². The van der Waals surface area contributed by atoms with Crippen LogP contribution in [0.25, 0.3) is 0 Å². The van der Waals surface area contributed by atoms with Crippen LogP contribution in [0.3, 0.4) is 0 Å². The van der Waals surface area contributed by atoms with Gasteiger partial charge >= 0.3 is 0 Å². The van der Waals surface area contributed by atoms with Crippen molar-refractivity contribution in [3.05, 3.63) is 21.9 Å². The molecule has 1 atom stereocenters. The van der Waals surface area contributed by atoms with E-state index in [0.29, 0.717) is 0 Å². The van der Waals surface area contributed by atoms with Crippen LogP contribution in [0, 0.1) is 0 Å². The average molecular weight is 227 g/mol. The molecule has 0 saturated heterocycles. The van der Waals surface area contributed by atoms with E-state index in [1.807, 2.05) is 6.92 Å². The summed E-state index contributed by atoms with van der Waals surface area (Å²) >= 11 is 1.79. The minimum Gasteiger partial charge on any atom is -0.409 e. The largest absolute Gasteiger partial charge is 0.409 e. The van der Waals surface area contributed by atoms with Crippen LogP contribution in [0.15, 0.2) is 17.3 Å². The lowest BCUT2D eigenvalue weighted by atomic mass is 10.3. The van der Waals surface area contributed by atoms with Crippen LogP contribution >= 0.6 is 11.3 Å². The van der Waals surface area contributed by atoms with Gasteiger partial charge in [0.15, 0.2) is 5.84 Å². The second-order valence-corrected chi connectivity index (χ2v) is 4.60. The summed E-state index contributed by atoms with van der Waals surface area (Å²) in [7, 11) is 0. The SMILES string of the molecule is CCc1ccc(CNC(C)/C(N)=N/O)s1. The molecule has 1 aromatic heterocycles. The van der Waals surface area contributed by atoms with E-state index in [1.54, 1.807) is 11.3 Å². The highest BCUT2D eigenvalue weighted by Gasteiger charge is 2.07. The van der Waals surface area contributed by atoms with Gasteiger partial charge in [-0.2, -0.15) is 0 Å². The van der Waals surface area contributed by atoms with Crippen molar-refractivity contribution in [2.45, 2.75) is 32.9 Å². The zero-order chi connectivity index (χ0) is 11.3. The average Bonchev–Trinajstić information content (AvgIpc) is 2.72. The number of thiophene rings is 1. The molecule has 0 aliphatic rings. The van der Waals surface area contributed by atoms with E-state index in [4.69, 9.17) is 10.9 Å². The number of aryl methyl sites for hydroxylation is 1. The molecule has 1 aromatic rings. The Morgan fingerprint density at radius 1 is 1.60 bits per heavy atom. The fourth-order valence-electron chi connectivity index (χ4n) is 1.15. The highest BCUT2D eigenvalue weighted by atomic mass is 32.1. The molecule has 4 nitrogen and oxygen atoms in total. The lowest BCUT2D eigenvalue weighted by molar-refractivity contribution is 0.315. The molecule has 15 heavy (non-hydrogen) atoms. The van der Waals surface area contributed by atoms with E-state index in [2.05, 4.69) is 29.5 Å². The van der Waals surface area contributed by atoms with Crippen molar-refractivity contribution in [2.24, 2.45) is 10.9 Å². The molecule has 1 rings (SSSR count). The van der Waals surface area contributed by atoms with E-state index in [1.165, 1.54) is 9.75 Å². The third kappa shape index (κ3) is 3.53. The summed E-state index contributed by atoms with van der Waals surface area (Å²) in [5.74, 6) is 0.210. The van der Waals surface area contributed by atoms with Crippen LogP contribution in [0.1, 0.15) is 23.6 Å². The van der Waals surface area contributed by atoms with Crippen LogP contribution in [0.5, 0.6) is 0 Å². The van der Waals surface area contributed by atoms with Crippen molar-refractivity contribution in [1.82, 2.24) is 5.32 Å². The van der Waals surface area contributed by atoms with Gasteiger partial charge in [-0.05, 0) is 25.5 Å². The van der Waals surface area contributed by atoms with Crippen molar-refractivity contribution < 1.29 is 5.21 Å². The standard InChI is InChI=1S/C10H17N3OS/c1-3-8-4-5-9(15-8)6-12-7(2)10(11)13-14/h4-5,7,12,14H,3,6H2,1-2H3,(H2,11,13). The summed E-state index contributed by atoms with van der Waals surface area (Å²) in [6, 6.07) is 4.13. The summed E-state index contributed by atoms with van der Waals surface area (Å²) in [4.78, 5) is 2.65. The molecule has 4 N–H and O–H groups in total. The van der Waals surface area contributed by atoms with Gasteiger partial charge in [-0.1, -0.05) is 12.1 Å². The molecule has 0 amide bonds. The zero-order valence-electron chi connectivity index (χ0n) is 9.03. The summed E-state index contributed by atoms with van der Waals surface area (Å²) in [6.45, 7) is 4.76. The first-order valence-corrected chi connectivity index (χ1v) is 5.77. The number of nitrogens with two attached hydrogens (primary N) is 1. The van der Waals surface area contributed by atoms with Gasteiger partial charge < -0.3 is 16.3 Å². The molecular formula is C10H17N3OS. The first kappa shape index (κ1) is 12.0. The van der Waals surface area contributed by atoms with E-state index in [9.17, 15) is 0 Å². The minimum absolute atomic E-state index is 0.109. The van der Waals surface area contributed by atoms with Crippen molar-refractivity contribution in [2.75, 3.05) is 0 Å². The Morgan fingerprint density at radius 3 is 2.80 bits per heavy atom. The molecule has 0 bridgehead atoms. The Labute approximate surface area is 93.8 Å². The van der Waals surface area contributed by atoms with E-state index >= 15 is 0 Å². The fourth-order valence-corrected chi connectivity index (χ4v) is 2.06. The van der Waals surface area contributed by atoms with Crippen LogP contribution in [-0.4, -0.2) is 17.1 Å². The Morgan fingerprint density at radius 2 is 2.27 bits per heavy atom. The van der Waals surface area contributed by atoms with E-state index in [0.717, 1.165) is 13.0 Å². The highest BCUT2D eigenvalue weighted by Crippen LogP contribution is 2.16. The van der Waals surface area contributed by atoms with Gasteiger partial charge in [0.25, 0.3) is 0 Å². The Hall–Kier alpha value is -1.07. The van der Waals surface area contributed by atoms with Gasteiger partial charge in [-0.25, -0.2) is 0 Å².